The largest absolute Gasteiger partial charge is 0.389 e. The van der Waals surface area contributed by atoms with Gasteiger partial charge in [0.25, 0.3) is 0 Å². The Morgan fingerprint density at radius 1 is 1.25 bits per heavy atom. The first-order valence-electron chi connectivity index (χ1n) is 6.74. The summed E-state index contributed by atoms with van der Waals surface area (Å²) < 4.78 is 5.54. The highest BCUT2D eigenvalue weighted by Crippen LogP contribution is 2.48. The maximum atomic E-state index is 10.9. The maximum Gasteiger partial charge on any atom is 0.0723 e. The highest BCUT2D eigenvalue weighted by Gasteiger charge is 2.47. The van der Waals surface area contributed by atoms with Crippen LogP contribution in [0.2, 0.25) is 0 Å². The Morgan fingerprint density at radius 2 is 2.00 bits per heavy atom. The van der Waals surface area contributed by atoms with Gasteiger partial charge in [0.05, 0.1) is 12.2 Å². The standard InChI is InChI=1S/C14H26O2/c1-11-9-13(2,3)6-7-14(11,15)12-5-4-8-16-10-12/h11-12,15H,4-10H2,1-3H3. The predicted molar refractivity (Wildman–Crippen MR) is 65.3 cm³/mol. The van der Waals surface area contributed by atoms with Gasteiger partial charge in [-0.2, -0.15) is 0 Å². The minimum absolute atomic E-state index is 0.368. The van der Waals surface area contributed by atoms with Crippen molar-refractivity contribution in [3.63, 3.8) is 0 Å². The Labute approximate surface area is 99.4 Å². The van der Waals surface area contributed by atoms with Crippen molar-refractivity contribution in [1.29, 1.82) is 0 Å². The molecule has 2 aliphatic rings. The van der Waals surface area contributed by atoms with Crippen LogP contribution < -0.4 is 0 Å². The van der Waals surface area contributed by atoms with Crippen LogP contribution in [0.4, 0.5) is 0 Å². The average molecular weight is 226 g/mol. The van der Waals surface area contributed by atoms with Crippen molar-refractivity contribution in [1.82, 2.24) is 0 Å². The van der Waals surface area contributed by atoms with Gasteiger partial charge >= 0.3 is 0 Å². The van der Waals surface area contributed by atoms with Crippen molar-refractivity contribution in [2.24, 2.45) is 17.3 Å². The monoisotopic (exact) mass is 226 g/mol. The van der Waals surface area contributed by atoms with Gasteiger partial charge in [-0.3, -0.25) is 0 Å². The van der Waals surface area contributed by atoms with Crippen molar-refractivity contribution in [2.75, 3.05) is 13.2 Å². The summed E-state index contributed by atoms with van der Waals surface area (Å²) in [6, 6.07) is 0. The summed E-state index contributed by atoms with van der Waals surface area (Å²) in [4.78, 5) is 0. The zero-order valence-corrected chi connectivity index (χ0v) is 11.0. The van der Waals surface area contributed by atoms with Crippen molar-refractivity contribution in [2.45, 2.75) is 58.5 Å². The molecule has 0 aromatic heterocycles. The van der Waals surface area contributed by atoms with Crippen LogP contribution in [-0.4, -0.2) is 23.9 Å². The highest BCUT2D eigenvalue weighted by molar-refractivity contribution is 4.98. The Hall–Kier alpha value is -0.0800. The molecule has 94 valence electrons. The normalized spacial score (nSPS) is 44.2. The van der Waals surface area contributed by atoms with Gasteiger partial charge in [-0.05, 0) is 43.4 Å². The Bertz CT molecular complexity index is 243. The van der Waals surface area contributed by atoms with E-state index in [1.807, 2.05) is 0 Å². The minimum atomic E-state index is -0.462. The number of hydrogen-bond acceptors (Lipinski definition) is 2. The average Bonchev–Trinajstić information content (AvgIpc) is 2.25. The topological polar surface area (TPSA) is 29.5 Å². The van der Waals surface area contributed by atoms with Crippen LogP contribution >= 0.6 is 0 Å². The second-order valence-electron chi connectivity index (χ2n) is 6.67. The van der Waals surface area contributed by atoms with Gasteiger partial charge in [0, 0.05) is 12.5 Å². The quantitative estimate of drug-likeness (QED) is 0.745. The molecule has 0 bridgehead atoms. The van der Waals surface area contributed by atoms with E-state index in [4.69, 9.17) is 4.74 Å². The zero-order chi connectivity index (χ0) is 11.8. The fraction of sp³-hybridized carbons (Fsp3) is 1.00. The first kappa shape index (κ1) is 12.4. The van der Waals surface area contributed by atoms with Gasteiger partial charge in [-0.1, -0.05) is 20.8 Å². The van der Waals surface area contributed by atoms with Crippen LogP contribution in [0.5, 0.6) is 0 Å². The second kappa shape index (κ2) is 4.30. The SMILES string of the molecule is CC1CC(C)(C)CCC1(O)C1CCCOC1. The van der Waals surface area contributed by atoms with Gasteiger partial charge in [0.2, 0.25) is 0 Å². The molecule has 0 radical (unpaired) electrons. The molecule has 0 aromatic carbocycles. The van der Waals surface area contributed by atoms with E-state index in [1.54, 1.807) is 0 Å². The fourth-order valence-electron chi connectivity index (χ4n) is 3.63. The molecule has 3 unspecified atom stereocenters. The Balaban J connectivity index is 2.06. The maximum absolute atomic E-state index is 10.9. The van der Waals surface area contributed by atoms with E-state index in [0.29, 0.717) is 17.3 Å². The molecule has 0 aromatic rings. The third-order valence-electron chi connectivity index (χ3n) is 4.78. The van der Waals surface area contributed by atoms with Crippen LogP contribution in [0.1, 0.15) is 52.9 Å². The van der Waals surface area contributed by atoms with Crippen molar-refractivity contribution in [3.05, 3.63) is 0 Å². The summed E-state index contributed by atoms with van der Waals surface area (Å²) in [7, 11) is 0. The third kappa shape index (κ3) is 2.28. The van der Waals surface area contributed by atoms with Crippen LogP contribution in [0.15, 0.2) is 0 Å². The molecule has 1 saturated heterocycles. The van der Waals surface area contributed by atoms with Gasteiger partial charge < -0.3 is 9.84 Å². The summed E-state index contributed by atoms with van der Waals surface area (Å²) in [6.07, 6.45) is 5.49. The molecular formula is C14H26O2. The van der Waals surface area contributed by atoms with E-state index < -0.39 is 5.60 Å². The van der Waals surface area contributed by atoms with E-state index in [0.717, 1.165) is 45.3 Å². The third-order valence-corrected chi connectivity index (χ3v) is 4.78. The van der Waals surface area contributed by atoms with E-state index in [1.165, 1.54) is 0 Å². The lowest BCUT2D eigenvalue weighted by atomic mass is 9.61. The van der Waals surface area contributed by atoms with Crippen molar-refractivity contribution < 1.29 is 9.84 Å². The van der Waals surface area contributed by atoms with Crippen LogP contribution in [0.3, 0.4) is 0 Å². The highest BCUT2D eigenvalue weighted by atomic mass is 16.5. The van der Waals surface area contributed by atoms with Crippen LogP contribution in [0.25, 0.3) is 0 Å². The molecule has 3 atom stereocenters. The molecule has 16 heavy (non-hydrogen) atoms. The molecule has 0 amide bonds. The summed E-state index contributed by atoms with van der Waals surface area (Å²) in [5.74, 6) is 0.773. The van der Waals surface area contributed by atoms with Gasteiger partial charge in [0.15, 0.2) is 0 Å². The van der Waals surface area contributed by atoms with Crippen LogP contribution in [0, 0.1) is 17.3 Å². The van der Waals surface area contributed by atoms with Crippen LogP contribution in [-0.2, 0) is 4.74 Å². The lowest BCUT2D eigenvalue weighted by Crippen LogP contribution is -2.51. The number of aliphatic hydroxyl groups is 1. The number of ether oxygens (including phenoxy) is 1. The molecular weight excluding hydrogens is 200 g/mol. The predicted octanol–water partition coefficient (Wildman–Crippen LogP) is 2.99. The van der Waals surface area contributed by atoms with Gasteiger partial charge in [-0.25, -0.2) is 0 Å². The molecule has 2 heteroatoms. The van der Waals surface area contributed by atoms with E-state index in [2.05, 4.69) is 20.8 Å². The summed E-state index contributed by atoms with van der Waals surface area (Å²) in [5, 5.41) is 10.9. The Morgan fingerprint density at radius 3 is 2.56 bits per heavy atom. The molecule has 2 rings (SSSR count). The van der Waals surface area contributed by atoms with Crippen molar-refractivity contribution in [3.8, 4) is 0 Å². The molecule has 1 saturated carbocycles. The molecule has 2 nitrogen and oxygen atoms in total. The first-order valence-corrected chi connectivity index (χ1v) is 6.74. The molecule has 1 N–H and O–H groups in total. The smallest absolute Gasteiger partial charge is 0.0723 e. The zero-order valence-electron chi connectivity index (χ0n) is 11.0. The summed E-state index contributed by atoms with van der Waals surface area (Å²) in [6.45, 7) is 8.50. The molecule has 1 aliphatic heterocycles. The summed E-state index contributed by atoms with van der Waals surface area (Å²) in [5.41, 5.74) is -0.0584. The molecule has 0 spiro atoms. The molecule has 1 aliphatic carbocycles. The second-order valence-corrected chi connectivity index (χ2v) is 6.67. The lowest BCUT2D eigenvalue weighted by molar-refractivity contribution is -0.143. The van der Waals surface area contributed by atoms with E-state index in [-0.39, 0.29) is 0 Å². The van der Waals surface area contributed by atoms with Gasteiger partial charge in [0.1, 0.15) is 0 Å². The van der Waals surface area contributed by atoms with Gasteiger partial charge in [-0.15, -0.1) is 0 Å². The van der Waals surface area contributed by atoms with Crippen molar-refractivity contribution >= 4 is 0 Å². The van der Waals surface area contributed by atoms with E-state index in [9.17, 15) is 5.11 Å². The number of hydrogen-bond donors (Lipinski definition) is 1. The lowest BCUT2D eigenvalue weighted by Gasteiger charge is -2.50. The first-order chi connectivity index (χ1) is 7.44. The molecule has 2 fully saturated rings. The minimum Gasteiger partial charge on any atom is -0.389 e. The summed E-state index contributed by atoms with van der Waals surface area (Å²) >= 11 is 0. The van der Waals surface area contributed by atoms with E-state index >= 15 is 0 Å². The molecule has 1 heterocycles. The fourth-order valence-corrected chi connectivity index (χ4v) is 3.63. The number of rotatable bonds is 1. The Kier molecular flexibility index (Phi) is 3.33.